The van der Waals surface area contributed by atoms with E-state index in [1.165, 1.54) is 43.4 Å². The van der Waals surface area contributed by atoms with Gasteiger partial charge in [-0.05, 0) is 37.7 Å². The molecule has 0 spiro atoms. The average molecular weight is 208 g/mol. The minimum Gasteiger partial charge on any atom is -0.402 e. The number of nitrogens with zero attached hydrogens (tertiary/aromatic N) is 1. The number of rotatable bonds is 1. The lowest BCUT2D eigenvalue weighted by Crippen LogP contribution is -2.11. The van der Waals surface area contributed by atoms with Gasteiger partial charge in [-0.25, -0.2) is 0 Å². The van der Waals surface area contributed by atoms with Crippen molar-refractivity contribution in [3.05, 3.63) is 11.3 Å². The van der Waals surface area contributed by atoms with Crippen LogP contribution in [0, 0.1) is 0 Å². The Morgan fingerprint density at radius 1 is 1.13 bits per heavy atom. The Hall–Kier alpha value is -0.790. The molecule has 0 aromatic rings. The monoisotopic (exact) mass is 208 g/mol. The Morgan fingerprint density at radius 2 is 1.73 bits per heavy atom. The molecule has 2 N–H and O–H groups in total. The summed E-state index contributed by atoms with van der Waals surface area (Å²) in [5.41, 5.74) is 9.75. The number of hydrogen-bond acceptors (Lipinski definition) is 2. The molecule has 0 aliphatic heterocycles. The molecule has 0 radical (unpaired) electrons. The summed E-state index contributed by atoms with van der Waals surface area (Å²) in [6.45, 7) is 2.13. The van der Waals surface area contributed by atoms with Crippen molar-refractivity contribution in [3.8, 4) is 0 Å². The van der Waals surface area contributed by atoms with E-state index in [0.717, 1.165) is 25.0 Å². The van der Waals surface area contributed by atoms with E-state index in [-0.39, 0.29) is 0 Å². The first-order valence-electron chi connectivity index (χ1n) is 6.23. The Bertz CT molecular complexity index is 251. The second-order valence-electron chi connectivity index (χ2n) is 4.30. The van der Waals surface area contributed by atoms with Crippen LogP contribution in [0.15, 0.2) is 16.3 Å². The minimum absolute atomic E-state index is 0.953. The summed E-state index contributed by atoms with van der Waals surface area (Å²) < 4.78 is 0. The predicted molar refractivity (Wildman–Crippen MR) is 67.2 cm³/mol. The molecule has 1 aliphatic carbocycles. The fourth-order valence-corrected chi connectivity index (χ4v) is 2.23. The SMILES string of the molecule is CC/C(N)=C1/CCCCCCC/C1=N/C. The Balaban J connectivity index is 2.84. The predicted octanol–water partition coefficient (Wildman–Crippen LogP) is 3.42. The summed E-state index contributed by atoms with van der Waals surface area (Å²) >= 11 is 0. The summed E-state index contributed by atoms with van der Waals surface area (Å²) in [6.07, 6.45) is 9.81. The first-order valence-corrected chi connectivity index (χ1v) is 6.23. The molecular weight excluding hydrogens is 184 g/mol. The maximum Gasteiger partial charge on any atom is 0.0393 e. The zero-order valence-electron chi connectivity index (χ0n) is 10.2. The molecule has 2 nitrogen and oxygen atoms in total. The molecule has 0 amide bonds. The molecule has 1 saturated carbocycles. The van der Waals surface area contributed by atoms with E-state index in [2.05, 4.69) is 11.9 Å². The number of hydrogen-bond donors (Lipinski definition) is 1. The van der Waals surface area contributed by atoms with Crippen LogP contribution in [0.5, 0.6) is 0 Å². The number of allylic oxidation sites excluding steroid dienone is 2. The summed E-state index contributed by atoms with van der Waals surface area (Å²) in [5, 5.41) is 0. The molecule has 0 heterocycles. The summed E-state index contributed by atoms with van der Waals surface area (Å²) in [4.78, 5) is 4.42. The number of nitrogens with two attached hydrogens (primary N) is 1. The van der Waals surface area contributed by atoms with Crippen LogP contribution in [0.2, 0.25) is 0 Å². The molecule has 1 fully saturated rings. The normalized spacial score (nSPS) is 25.6. The molecule has 0 unspecified atom stereocenters. The van der Waals surface area contributed by atoms with Crippen LogP contribution in [0.25, 0.3) is 0 Å². The van der Waals surface area contributed by atoms with Crippen LogP contribution in [0.3, 0.4) is 0 Å². The van der Waals surface area contributed by atoms with E-state index in [1.54, 1.807) is 0 Å². The topological polar surface area (TPSA) is 38.4 Å². The Kier molecular flexibility index (Phi) is 5.44. The standard InChI is InChI=1S/C13H24N2/c1-3-12(14)11-9-7-5-4-6-8-10-13(11)15-2/h3-10,14H2,1-2H3/b12-11+,15-13-. The lowest BCUT2D eigenvalue weighted by Gasteiger charge is -2.12. The van der Waals surface area contributed by atoms with Gasteiger partial charge in [0.25, 0.3) is 0 Å². The van der Waals surface area contributed by atoms with Crippen LogP contribution in [0.1, 0.15) is 58.3 Å². The van der Waals surface area contributed by atoms with Gasteiger partial charge in [-0.3, -0.25) is 4.99 Å². The van der Waals surface area contributed by atoms with Crippen molar-refractivity contribution in [2.45, 2.75) is 58.3 Å². The van der Waals surface area contributed by atoms with E-state index in [1.807, 2.05) is 7.05 Å². The van der Waals surface area contributed by atoms with Crippen molar-refractivity contribution in [2.24, 2.45) is 10.7 Å². The van der Waals surface area contributed by atoms with Gasteiger partial charge >= 0.3 is 0 Å². The highest BCUT2D eigenvalue weighted by Crippen LogP contribution is 2.21. The van der Waals surface area contributed by atoms with Crippen molar-refractivity contribution >= 4 is 5.71 Å². The third-order valence-corrected chi connectivity index (χ3v) is 3.23. The number of aliphatic imine (C=N–C) groups is 1. The largest absolute Gasteiger partial charge is 0.402 e. The highest BCUT2D eigenvalue weighted by atomic mass is 14.7. The third kappa shape index (κ3) is 3.69. The van der Waals surface area contributed by atoms with Gasteiger partial charge in [0.1, 0.15) is 0 Å². The van der Waals surface area contributed by atoms with E-state index in [4.69, 9.17) is 5.73 Å². The van der Waals surface area contributed by atoms with Crippen molar-refractivity contribution in [2.75, 3.05) is 7.05 Å². The first-order chi connectivity index (χ1) is 7.29. The Labute approximate surface area is 93.7 Å². The lowest BCUT2D eigenvalue weighted by atomic mass is 9.98. The molecule has 0 aromatic carbocycles. The highest BCUT2D eigenvalue weighted by molar-refractivity contribution is 6.00. The molecule has 0 saturated heterocycles. The summed E-state index contributed by atoms with van der Waals surface area (Å²) in [7, 11) is 1.90. The lowest BCUT2D eigenvalue weighted by molar-refractivity contribution is 0.634. The molecule has 15 heavy (non-hydrogen) atoms. The molecule has 0 bridgehead atoms. The first kappa shape index (κ1) is 12.3. The van der Waals surface area contributed by atoms with Crippen molar-refractivity contribution in [1.29, 1.82) is 0 Å². The van der Waals surface area contributed by atoms with Crippen LogP contribution in [0.4, 0.5) is 0 Å². The van der Waals surface area contributed by atoms with Gasteiger partial charge in [0.15, 0.2) is 0 Å². The van der Waals surface area contributed by atoms with E-state index < -0.39 is 0 Å². The van der Waals surface area contributed by atoms with Crippen LogP contribution in [-0.4, -0.2) is 12.8 Å². The maximum absolute atomic E-state index is 6.08. The van der Waals surface area contributed by atoms with E-state index in [9.17, 15) is 0 Å². The smallest absolute Gasteiger partial charge is 0.0393 e. The van der Waals surface area contributed by atoms with Crippen LogP contribution in [-0.2, 0) is 0 Å². The molecule has 0 aromatic heterocycles. The fourth-order valence-electron chi connectivity index (χ4n) is 2.23. The zero-order chi connectivity index (χ0) is 11.1. The van der Waals surface area contributed by atoms with Gasteiger partial charge in [0.2, 0.25) is 0 Å². The molecule has 86 valence electrons. The Morgan fingerprint density at radius 3 is 2.33 bits per heavy atom. The van der Waals surface area contributed by atoms with Gasteiger partial charge < -0.3 is 5.73 Å². The fraction of sp³-hybridized carbons (Fsp3) is 0.769. The second kappa shape index (κ2) is 6.65. The van der Waals surface area contributed by atoms with Crippen molar-refractivity contribution in [3.63, 3.8) is 0 Å². The van der Waals surface area contributed by atoms with E-state index in [0.29, 0.717) is 0 Å². The molecular formula is C13H24N2. The van der Waals surface area contributed by atoms with Gasteiger partial charge in [-0.15, -0.1) is 0 Å². The molecule has 0 atom stereocenters. The summed E-state index contributed by atoms with van der Waals surface area (Å²) in [6, 6.07) is 0. The van der Waals surface area contributed by atoms with Crippen LogP contribution < -0.4 is 5.73 Å². The molecule has 1 rings (SSSR count). The highest BCUT2D eigenvalue weighted by Gasteiger charge is 2.11. The quantitative estimate of drug-likeness (QED) is 0.704. The van der Waals surface area contributed by atoms with Crippen LogP contribution >= 0.6 is 0 Å². The van der Waals surface area contributed by atoms with Gasteiger partial charge in [-0.1, -0.05) is 26.2 Å². The minimum atomic E-state index is 0.953. The second-order valence-corrected chi connectivity index (χ2v) is 4.30. The van der Waals surface area contributed by atoms with Crippen molar-refractivity contribution in [1.82, 2.24) is 0 Å². The summed E-state index contributed by atoms with van der Waals surface area (Å²) in [5.74, 6) is 0. The average Bonchev–Trinajstić information content (AvgIpc) is 2.38. The van der Waals surface area contributed by atoms with Gasteiger partial charge in [0, 0.05) is 18.5 Å². The molecule has 2 heteroatoms. The van der Waals surface area contributed by atoms with Gasteiger partial charge in [-0.2, -0.15) is 0 Å². The zero-order valence-corrected chi connectivity index (χ0v) is 10.2. The van der Waals surface area contributed by atoms with E-state index >= 15 is 0 Å². The third-order valence-electron chi connectivity index (χ3n) is 3.23. The molecule has 1 aliphatic rings. The van der Waals surface area contributed by atoms with Crippen molar-refractivity contribution < 1.29 is 0 Å². The maximum atomic E-state index is 6.08. The van der Waals surface area contributed by atoms with Gasteiger partial charge in [0.05, 0.1) is 0 Å².